The maximum Gasteiger partial charge on any atom is 0.314 e. The van der Waals surface area contributed by atoms with Gasteiger partial charge in [0.1, 0.15) is 0 Å². The summed E-state index contributed by atoms with van der Waals surface area (Å²) < 4.78 is 4.81. The number of benzene rings is 1. The molecular weight excluding hydrogens is 230 g/mol. The van der Waals surface area contributed by atoms with Gasteiger partial charge in [-0.25, -0.2) is 5.48 Å². The molecule has 1 N–H and O–H groups in total. The van der Waals surface area contributed by atoms with Gasteiger partial charge in [-0.3, -0.25) is 4.79 Å². The third-order valence-corrected chi connectivity index (χ3v) is 2.49. The zero-order valence-electron chi connectivity index (χ0n) is 11.2. The van der Waals surface area contributed by atoms with E-state index in [1.54, 1.807) is 0 Å². The minimum atomic E-state index is -0.344. The largest absolute Gasteiger partial charge is 0.469 e. The van der Waals surface area contributed by atoms with E-state index in [9.17, 15) is 4.79 Å². The van der Waals surface area contributed by atoms with Crippen molar-refractivity contribution in [2.45, 2.75) is 19.8 Å². The molecule has 0 saturated heterocycles. The van der Waals surface area contributed by atoms with Gasteiger partial charge < -0.3 is 9.57 Å². The van der Waals surface area contributed by atoms with Crippen molar-refractivity contribution < 1.29 is 14.4 Å². The molecule has 1 aromatic carbocycles. The highest BCUT2D eigenvalue weighted by Crippen LogP contribution is 2.16. The van der Waals surface area contributed by atoms with Gasteiger partial charge in [-0.05, 0) is 11.5 Å². The van der Waals surface area contributed by atoms with Gasteiger partial charge in [0.25, 0.3) is 0 Å². The fourth-order valence-corrected chi connectivity index (χ4v) is 1.53. The quantitative estimate of drug-likeness (QED) is 0.458. The van der Waals surface area contributed by atoms with Gasteiger partial charge in [-0.1, -0.05) is 44.2 Å². The SMILES string of the molecule is COC(=O)C(CNOCC(C)C)c1ccccc1. The summed E-state index contributed by atoms with van der Waals surface area (Å²) in [5.74, 6) is -0.156. The van der Waals surface area contributed by atoms with Gasteiger partial charge in [0.15, 0.2) is 0 Å². The summed E-state index contributed by atoms with van der Waals surface area (Å²) in [6, 6.07) is 9.54. The number of rotatable bonds is 7. The zero-order chi connectivity index (χ0) is 13.4. The first-order valence-electron chi connectivity index (χ1n) is 6.12. The molecule has 18 heavy (non-hydrogen) atoms. The predicted molar refractivity (Wildman–Crippen MR) is 70.0 cm³/mol. The zero-order valence-corrected chi connectivity index (χ0v) is 11.2. The predicted octanol–water partition coefficient (Wildman–Crippen LogP) is 2.12. The van der Waals surface area contributed by atoms with Crippen molar-refractivity contribution in [1.82, 2.24) is 5.48 Å². The molecule has 1 aromatic rings. The maximum atomic E-state index is 11.7. The van der Waals surface area contributed by atoms with Crippen LogP contribution in [0.25, 0.3) is 0 Å². The first-order valence-corrected chi connectivity index (χ1v) is 6.12. The van der Waals surface area contributed by atoms with Gasteiger partial charge in [0.05, 0.1) is 19.6 Å². The van der Waals surface area contributed by atoms with Crippen LogP contribution in [-0.4, -0.2) is 26.2 Å². The van der Waals surface area contributed by atoms with Gasteiger partial charge in [0.2, 0.25) is 0 Å². The van der Waals surface area contributed by atoms with E-state index in [-0.39, 0.29) is 11.9 Å². The summed E-state index contributed by atoms with van der Waals surface area (Å²) in [5.41, 5.74) is 3.75. The average Bonchev–Trinajstić information content (AvgIpc) is 2.38. The lowest BCUT2D eigenvalue weighted by atomic mass is 10.00. The molecule has 0 fully saturated rings. The van der Waals surface area contributed by atoms with E-state index in [1.807, 2.05) is 30.3 Å². The Hall–Kier alpha value is -1.39. The van der Waals surface area contributed by atoms with Crippen LogP contribution in [-0.2, 0) is 14.4 Å². The van der Waals surface area contributed by atoms with E-state index in [0.717, 1.165) is 5.56 Å². The number of carbonyl (C=O) groups excluding carboxylic acids is 1. The summed E-state index contributed by atoms with van der Waals surface area (Å²) in [5, 5.41) is 0. The third kappa shape index (κ3) is 4.85. The Kier molecular flexibility index (Phi) is 6.39. The minimum absolute atomic E-state index is 0.262. The van der Waals surface area contributed by atoms with Crippen molar-refractivity contribution in [3.8, 4) is 0 Å². The lowest BCUT2D eigenvalue weighted by Gasteiger charge is -2.16. The standard InChI is InChI=1S/C14H21NO3/c1-11(2)10-18-15-9-13(14(16)17-3)12-7-5-4-6-8-12/h4-8,11,13,15H,9-10H2,1-3H3. The Labute approximate surface area is 108 Å². The second-order valence-electron chi connectivity index (χ2n) is 4.54. The number of hydroxylamine groups is 1. The number of carbonyl (C=O) groups is 1. The maximum absolute atomic E-state index is 11.7. The van der Waals surface area contributed by atoms with Gasteiger partial charge in [-0.2, -0.15) is 0 Å². The fourth-order valence-electron chi connectivity index (χ4n) is 1.53. The molecule has 0 aromatic heterocycles. The molecule has 1 unspecified atom stereocenters. The van der Waals surface area contributed by atoms with Crippen LogP contribution >= 0.6 is 0 Å². The first-order chi connectivity index (χ1) is 8.65. The second-order valence-corrected chi connectivity index (χ2v) is 4.54. The molecular formula is C14H21NO3. The lowest BCUT2D eigenvalue weighted by molar-refractivity contribution is -0.143. The second kappa shape index (κ2) is 7.84. The van der Waals surface area contributed by atoms with Crippen molar-refractivity contribution in [3.63, 3.8) is 0 Å². The lowest BCUT2D eigenvalue weighted by Crippen LogP contribution is -2.29. The first kappa shape index (κ1) is 14.7. The number of esters is 1. The van der Waals surface area contributed by atoms with Gasteiger partial charge in [0, 0.05) is 6.54 Å². The summed E-state index contributed by atoms with van der Waals surface area (Å²) in [4.78, 5) is 17.0. The van der Waals surface area contributed by atoms with Crippen LogP contribution in [0.4, 0.5) is 0 Å². The van der Waals surface area contributed by atoms with Crippen molar-refractivity contribution >= 4 is 5.97 Å². The van der Waals surface area contributed by atoms with Crippen LogP contribution in [0.2, 0.25) is 0 Å². The Bertz CT molecular complexity index is 351. The molecule has 0 aliphatic carbocycles. The highest BCUT2D eigenvalue weighted by Gasteiger charge is 2.20. The van der Waals surface area contributed by atoms with E-state index in [4.69, 9.17) is 9.57 Å². The van der Waals surface area contributed by atoms with E-state index in [0.29, 0.717) is 19.1 Å². The monoisotopic (exact) mass is 251 g/mol. The number of ether oxygens (including phenoxy) is 1. The Morgan fingerprint density at radius 3 is 2.50 bits per heavy atom. The van der Waals surface area contributed by atoms with E-state index in [1.165, 1.54) is 7.11 Å². The molecule has 0 heterocycles. The van der Waals surface area contributed by atoms with Crippen LogP contribution in [0.15, 0.2) is 30.3 Å². The summed E-state index contributed by atoms with van der Waals surface area (Å²) in [6.07, 6.45) is 0. The third-order valence-electron chi connectivity index (χ3n) is 2.49. The average molecular weight is 251 g/mol. The molecule has 4 heteroatoms. The molecule has 0 spiro atoms. The van der Waals surface area contributed by atoms with Gasteiger partial charge in [-0.15, -0.1) is 0 Å². The van der Waals surface area contributed by atoms with Crippen LogP contribution in [0.1, 0.15) is 25.3 Å². The van der Waals surface area contributed by atoms with Crippen molar-refractivity contribution in [3.05, 3.63) is 35.9 Å². The molecule has 0 aliphatic rings. The number of methoxy groups -OCH3 is 1. The number of hydrogen-bond acceptors (Lipinski definition) is 4. The van der Waals surface area contributed by atoms with Crippen molar-refractivity contribution in [1.29, 1.82) is 0 Å². The molecule has 4 nitrogen and oxygen atoms in total. The topological polar surface area (TPSA) is 47.6 Å². The molecule has 0 radical (unpaired) electrons. The molecule has 0 aliphatic heterocycles. The highest BCUT2D eigenvalue weighted by molar-refractivity contribution is 5.78. The molecule has 100 valence electrons. The summed E-state index contributed by atoms with van der Waals surface area (Å²) >= 11 is 0. The van der Waals surface area contributed by atoms with E-state index < -0.39 is 0 Å². The Balaban J connectivity index is 2.55. The molecule has 0 saturated carbocycles. The molecule has 1 rings (SSSR count). The smallest absolute Gasteiger partial charge is 0.314 e. The van der Waals surface area contributed by atoms with Crippen LogP contribution in [0.3, 0.4) is 0 Å². The van der Waals surface area contributed by atoms with Crippen LogP contribution < -0.4 is 5.48 Å². The molecule has 0 bridgehead atoms. The van der Waals surface area contributed by atoms with Crippen molar-refractivity contribution in [2.24, 2.45) is 5.92 Å². The van der Waals surface area contributed by atoms with Crippen LogP contribution in [0, 0.1) is 5.92 Å². The minimum Gasteiger partial charge on any atom is -0.469 e. The van der Waals surface area contributed by atoms with E-state index in [2.05, 4.69) is 19.3 Å². The molecule has 0 amide bonds. The summed E-state index contributed by atoms with van der Waals surface area (Å²) in [6.45, 7) is 5.15. The fraction of sp³-hybridized carbons (Fsp3) is 0.500. The Morgan fingerprint density at radius 2 is 1.94 bits per heavy atom. The van der Waals surface area contributed by atoms with Gasteiger partial charge >= 0.3 is 5.97 Å². The highest BCUT2D eigenvalue weighted by atomic mass is 16.6. The number of nitrogens with one attached hydrogen (secondary N) is 1. The molecule has 1 atom stereocenters. The van der Waals surface area contributed by atoms with Crippen LogP contribution in [0.5, 0.6) is 0 Å². The Morgan fingerprint density at radius 1 is 1.28 bits per heavy atom. The van der Waals surface area contributed by atoms with E-state index >= 15 is 0 Å². The normalized spacial score (nSPS) is 12.4. The van der Waals surface area contributed by atoms with Crippen molar-refractivity contribution in [2.75, 3.05) is 20.3 Å². The summed E-state index contributed by atoms with van der Waals surface area (Å²) in [7, 11) is 1.40. The number of hydrogen-bond donors (Lipinski definition) is 1.